The van der Waals surface area contributed by atoms with Gasteiger partial charge < -0.3 is 19.6 Å². The van der Waals surface area contributed by atoms with Gasteiger partial charge in [0, 0.05) is 51.9 Å². The highest BCUT2D eigenvalue weighted by atomic mass is 15.5. The number of benzene rings is 6. The molecular formula is C70H88N4. The molecule has 11 rings (SSSR count). The Morgan fingerprint density at radius 2 is 0.892 bits per heavy atom. The zero-order chi connectivity index (χ0) is 51.1. The number of hydrogen-bond acceptors (Lipinski definition) is 4. The molecule has 4 unspecified atom stereocenters. The minimum atomic E-state index is -0.347. The summed E-state index contributed by atoms with van der Waals surface area (Å²) in [6.07, 6.45) is 22.6. The first-order chi connectivity index (χ1) is 36.1. The summed E-state index contributed by atoms with van der Waals surface area (Å²) in [5.41, 5.74) is 19.2. The number of rotatable bonds is 10. The molecule has 388 valence electrons. The van der Waals surface area contributed by atoms with Crippen LogP contribution in [0.5, 0.6) is 0 Å². The quantitative estimate of drug-likeness (QED) is 0.136. The van der Waals surface area contributed by atoms with E-state index in [0.29, 0.717) is 41.9 Å². The van der Waals surface area contributed by atoms with Gasteiger partial charge in [-0.1, -0.05) is 162 Å². The molecule has 0 amide bonds. The molecule has 5 fully saturated rings. The molecule has 4 nitrogen and oxygen atoms in total. The highest BCUT2D eigenvalue weighted by molar-refractivity contribution is 5.75. The van der Waals surface area contributed by atoms with Crippen LogP contribution in [0.2, 0.25) is 0 Å². The monoisotopic (exact) mass is 985 g/mol. The molecule has 0 aromatic heterocycles. The molecule has 0 spiro atoms. The molecule has 2 saturated heterocycles. The minimum absolute atomic E-state index is 0.0960. The zero-order valence-electron chi connectivity index (χ0n) is 46.6. The van der Waals surface area contributed by atoms with E-state index in [2.05, 4.69) is 208 Å². The molecule has 2 aliphatic heterocycles. The SMILES string of the molecule is Cc1cc(-c2ccc(N3C(C4CCCC4)[C@H](C)N(c4ccccc4C)C3(c3c(C)cccc3C)C3CCCCCCCC3)cc2)ccc1N1C(c2c(C)cccc2C)N(c2ccccc2)C(C2CCCCC2)[C@@H]1C. The summed E-state index contributed by atoms with van der Waals surface area (Å²) >= 11 is 0. The lowest BCUT2D eigenvalue weighted by Gasteiger charge is -2.54. The van der Waals surface area contributed by atoms with Crippen LogP contribution in [0.4, 0.5) is 22.7 Å². The number of para-hydroxylation sites is 2. The predicted octanol–water partition coefficient (Wildman–Crippen LogP) is 18.4. The molecule has 3 aliphatic carbocycles. The normalized spacial score (nSPS) is 25.6. The van der Waals surface area contributed by atoms with Gasteiger partial charge in [0.1, 0.15) is 11.8 Å². The second kappa shape index (κ2) is 21.6. The van der Waals surface area contributed by atoms with Crippen LogP contribution in [0.15, 0.2) is 133 Å². The Kier molecular flexibility index (Phi) is 14.8. The summed E-state index contributed by atoms with van der Waals surface area (Å²) < 4.78 is 0. The van der Waals surface area contributed by atoms with Gasteiger partial charge in [0.2, 0.25) is 0 Å². The first kappa shape index (κ1) is 50.7. The number of nitrogens with zero attached hydrogens (tertiary/aromatic N) is 4. The topological polar surface area (TPSA) is 13.0 Å². The Balaban J connectivity index is 1.04. The first-order valence-electron chi connectivity index (χ1n) is 29.7. The lowest BCUT2D eigenvalue weighted by atomic mass is 9.74. The molecule has 6 aromatic rings. The average molecular weight is 986 g/mol. The van der Waals surface area contributed by atoms with Gasteiger partial charge in [0.15, 0.2) is 0 Å². The summed E-state index contributed by atoms with van der Waals surface area (Å²) in [6.45, 7) is 19.5. The van der Waals surface area contributed by atoms with Crippen LogP contribution >= 0.6 is 0 Å². The molecule has 6 aromatic carbocycles. The Labute approximate surface area is 447 Å². The summed E-state index contributed by atoms with van der Waals surface area (Å²) in [7, 11) is 0. The van der Waals surface area contributed by atoms with E-state index in [0.717, 1.165) is 0 Å². The standard InChI is InChI=1S/C70H88N4/c1-48-27-21-24-40-64(48)73-55(8)68(58-34-22-23-35-58)74(70(73,66-51(4)30-26-31-52(66)5)60-36-17-11-9-10-12-18-37-60)62-44-41-56(42-45-62)59-43-46-63(53(6)47-59)71-54(7)67(57-32-15-13-16-33-57)72(61-38-19-14-20-39-61)69(71)65-49(2)28-25-29-50(65)3/h14,19-21,24-31,38-47,54-55,57-58,60,67-69H,9-13,15-18,22-23,32-37H2,1-8H3/t54-,55-,67?,68?,69?,70?/m0/s1. The summed E-state index contributed by atoms with van der Waals surface area (Å²) in [5.74, 6) is 1.78. The van der Waals surface area contributed by atoms with Crippen molar-refractivity contribution in [1.82, 2.24) is 0 Å². The smallest absolute Gasteiger partial charge is 0.143 e. The van der Waals surface area contributed by atoms with Gasteiger partial charge in [0.25, 0.3) is 0 Å². The van der Waals surface area contributed by atoms with E-state index in [4.69, 9.17) is 0 Å². The predicted molar refractivity (Wildman–Crippen MR) is 316 cm³/mol. The van der Waals surface area contributed by atoms with Crippen LogP contribution in [0.1, 0.15) is 174 Å². The molecule has 0 N–H and O–H groups in total. The third-order valence-electron chi connectivity index (χ3n) is 19.7. The highest BCUT2D eigenvalue weighted by Crippen LogP contribution is 2.59. The van der Waals surface area contributed by atoms with Gasteiger partial charge in [-0.05, 0) is 193 Å². The van der Waals surface area contributed by atoms with Crippen molar-refractivity contribution < 1.29 is 0 Å². The molecule has 6 atom stereocenters. The van der Waals surface area contributed by atoms with Crippen LogP contribution in [0.3, 0.4) is 0 Å². The van der Waals surface area contributed by atoms with Crippen molar-refractivity contribution in [1.29, 1.82) is 0 Å². The van der Waals surface area contributed by atoms with E-state index in [-0.39, 0.29) is 11.8 Å². The maximum Gasteiger partial charge on any atom is 0.143 e. The molecule has 4 heteroatoms. The lowest BCUT2D eigenvalue weighted by Crippen LogP contribution is -2.59. The maximum absolute atomic E-state index is 3.10. The second-order valence-corrected chi connectivity index (χ2v) is 24.2. The second-order valence-electron chi connectivity index (χ2n) is 24.2. The van der Waals surface area contributed by atoms with Crippen molar-refractivity contribution in [3.05, 3.63) is 178 Å². The Morgan fingerprint density at radius 1 is 0.378 bits per heavy atom. The maximum atomic E-state index is 3.10. The number of hydrogen-bond donors (Lipinski definition) is 0. The first-order valence-corrected chi connectivity index (χ1v) is 29.7. The summed E-state index contributed by atoms with van der Waals surface area (Å²) in [5, 5.41) is 0. The van der Waals surface area contributed by atoms with Crippen LogP contribution in [-0.2, 0) is 5.66 Å². The van der Waals surface area contributed by atoms with E-state index in [1.54, 1.807) is 5.56 Å². The Morgan fingerprint density at radius 3 is 1.51 bits per heavy atom. The van der Waals surface area contributed by atoms with Gasteiger partial charge in [-0.25, -0.2) is 0 Å². The minimum Gasteiger partial charge on any atom is -0.342 e. The summed E-state index contributed by atoms with van der Waals surface area (Å²) in [4.78, 5) is 11.8. The number of anilines is 4. The van der Waals surface area contributed by atoms with Crippen LogP contribution in [0.25, 0.3) is 11.1 Å². The van der Waals surface area contributed by atoms with Crippen molar-refractivity contribution in [3.8, 4) is 11.1 Å². The van der Waals surface area contributed by atoms with Crippen molar-refractivity contribution in [2.75, 3.05) is 19.6 Å². The molecule has 5 aliphatic rings. The third-order valence-corrected chi connectivity index (χ3v) is 19.7. The molecule has 2 heterocycles. The lowest BCUT2D eigenvalue weighted by molar-refractivity contribution is 0.225. The van der Waals surface area contributed by atoms with Crippen LogP contribution in [0, 0.1) is 59.3 Å². The van der Waals surface area contributed by atoms with Gasteiger partial charge >= 0.3 is 0 Å². The third kappa shape index (κ3) is 8.96. The van der Waals surface area contributed by atoms with Gasteiger partial charge in [-0.3, -0.25) is 0 Å². The zero-order valence-corrected chi connectivity index (χ0v) is 46.6. The van der Waals surface area contributed by atoms with Crippen molar-refractivity contribution in [2.24, 2.45) is 17.8 Å². The number of aryl methyl sites for hydroxylation is 6. The Hall–Kier alpha value is -5.48. The fraction of sp³-hybridized carbons (Fsp3) is 0.486. The van der Waals surface area contributed by atoms with Gasteiger partial charge in [-0.15, -0.1) is 0 Å². The van der Waals surface area contributed by atoms with E-state index < -0.39 is 0 Å². The summed E-state index contributed by atoms with van der Waals surface area (Å²) in [6, 6.07) is 53.9. The molecule has 0 radical (unpaired) electrons. The molecule has 0 bridgehead atoms. The van der Waals surface area contributed by atoms with E-state index in [1.165, 1.54) is 182 Å². The van der Waals surface area contributed by atoms with E-state index in [9.17, 15) is 0 Å². The fourth-order valence-electron chi connectivity index (χ4n) is 16.5. The van der Waals surface area contributed by atoms with Crippen molar-refractivity contribution in [2.45, 2.75) is 201 Å². The van der Waals surface area contributed by atoms with Crippen molar-refractivity contribution in [3.63, 3.8) is 0 Å². The van der Waals surface area contributed by atoms with E-state index >= 15 is 0 Å². The Bertz CT molecular complexity index is 2800. The van der Waals surface area contributed by atoms with Crippen molar-refractivity contribution >= 4 is 22.7 Å². The fourth-order valence-corrected chi connectivity index (χ4v) is 16.5. The van der Waals surface area contributed by atoms with Gasteiger partial charge in [0.05, 0.1) is 12.1 Å². The van der Waals surface area contributed by atoms with Crippen LogP contribution in [-0.4, -0.2) is 24.2 Å². The van der Waals surface area contributed by atoms with E-state index in [1.807, 2.05) is 0 Å². The molecule has 74 heavy (non-hydrogen) atoms. The van der Waals surface area contributed by atoms with Crippen LogP contribution < -0.4 is 19.6 Å². The molecule has 3 saturated carbocycles. The average Bonchev–Trinajstić information content (AvgIpc) is 4.14. The largest absolute Gasteiger partial charge is 0.342 e. The highest BCUT2D eigenvalue weighted by Gasteiger charge is 2.62. The molecular weight excluding hydrogens is 897 g/mol. The van der Waals surface area contributed by atoms with Gasteiger partial charge in [-0.2, -0.15) is 0 Å².